The Kier molecular flexibility index (Phi) is 3.52. The molecule has 0 aliphatic carbocycles. The number of para-hydroxylation sites is 1. The highest BCUT2D eigenvalue weighted by atomic mass is 16.3. The molecule has 104 valence electrons. The Balaban J connectivity index is 1.82. The zero-order valence-electron chi connectivity index (χ0n) is 11.1. The Hall–Kier alpha value is -2.14. The van der Waals surface area contributed by atoms with Gasteiger partial charge in [0.1, 0.15) is 0 Å². The molecule has 0 bridgehead atoms. The van der Waals surface area contributed by atoms with Gasteiger partial charge in [-0.05, 0) is 31.0 Å². The normalized spacial score (nSPS) is 18.4. The summed E-state index contributed by atoms with van der Waals surface area (Å²) in [6, 6.07) is 11.3. The summed E-state index contributed by atoms with van der Waals surface area (Å²) in [6.45, 7) is 0.716. The van der Waals surface area contributed by atoms with Crippen molar-refractivity contribution in [1.29, 1.82) is 0 Å². The van der Waals surface area contributed by atoms with Gasteiger partial charge in [-0.15, -0.1) is 0 Å². The van der Waals surface area contributed by atoms with Crippen LogP contribution >= 0.6 is 0 Å². The van der Waals surface area contributed by atoms with Crippen LogP contribution in [-0.2, 0) is 0 Å². The van der Waals surface area contributed by atoms with Crippen molar-refractivity contribution in [2.75, 3.05) is 13.2 Å². The number of benzene rings is 1. The highest BCUT2D eigenvalue weighted by Gasteiger charge is 2.29. The lowest BCUT2D eigenvalue weighted by Crippen LogP contribution is -2.37. The molecule has 0 saturated carbocycles. The molecule has 5 nitrogen and oxygen atoms in total. The second kappa shape index (κ2) is 5.46. The van der Waals surface area contributed by atoms with E-state index in [0.29, 0.717) is 12.2 Å². The summed E-state index contributed by atoms with van der Waals surface area (Å²) in [6.07, 6.45) is 3.59. The van der Waals surface area contributed by atoms with Gasteiger partial charge in [-0.2, -0.15) is 5.10 Å². The standard InChI is InChI=1S/C15H17N3O2/c19-11-13-7-4-9-17(13)15(20)14-8-10-18(16-14)12-5-2-1-3-6-12/h1-3,5-6,8,10,13,19H,4,7,9,11H2. The fourth-order valence-corrected chi connectivity index (χ4v) is 2.60. The van der Waals surface area contributed by atoms with E-state index < -0.39 is 0 Å². The number of aliphatic hydroxyl groups excluding tert-OH is 1. The molecule has 3 rings (SSSR count). The van der Waals surface area contributed by atoms with Crippen LogP contribution < -0.4 is 0 Å². The molecule has 1 atom stereocenters. The van der Waals surface area contributed by atoms with Crippen molar-refractivity contribution in [2.24, 2.45) is 0 Å². The van der Waals surface area contributed by atoms with Crippen LogP contribution in [0.3, 0.4) is 0 Å². The molecule has 1 aromatic carbocycles. The minimum absolute atomic E-state index is 0.0190. The van der Waals surface area contributed by atoms with Crippen LogP contribution in [0.2, 0.25) is 0 Å². The van der Waals surface area contributed by atoms with Gasteiger partial charge >= 0.3 is 0 Å². The molecule has 1 unspecified atom stereocenters. The third kappa shape index (κ3) is 2.32. The number of rotatable bonds is 3. The van der Waals surface area contributed by atoms with Gasteiger partial charge in [-0.25, -0.2) is 4.68 Å². The first-order chi connectivity index (χ1) is 9.79. The van der Waals surface area contributed by atoms with Gasteiger partial charge in [0, 0.05) is 12.7 Å². The summed E-state index contributed by atoms with van der Waals surface area (Å²) in [5.74, 6) is -0.101. The number of hydrogen-bond acceptors (Lipinski definition) is 3. The SMILES string of the molecule is O=C(c1ccn(-c2ccccc2)n1)N1CCCC1CO. The van der Waals surface area contributed by atoms with Gasteiger partial charge in [0.2, 0.25) is 0 Å². The van der Waals surface area contributed by atoms with E-state index in [1.54, 1.807) is 21.8 Å². The molecule has 1 aliphatic rings. The maximum atomic E-state index is 12.4. The molecular weight excluding hydrogens is 254 g/mol. The zero-order chi connectivity index (χ0) is 13.9. The van der Waals surface area contributed by atoms with Crippen LogP contribution in [-0.4, -0.2) is 44.9 Å². The largest absolute Gasteiger partial charge is 0.394 e. The second-order valence-corrected chi connectivity index (χ2v) is 4.96. The quantitative estimate of drug-likeness (QED) is 0.919. The highest BCUT2D eigenvalue weighted by molar-refractivity contribution is 5.92. The van der Waals surface area contributed by atoms with Gasteiger partial charge in [0.25, 0.3) is 5.91 Å². The van der Waals surface area contributed by atoms with E-state index in [1.807, 2.05) is 30.3 Å². The minimum atomic E-state index is -0.101. The van der Waals surface area contributed by atoms with Gasteiger partial charge in [-0.1, -0.05) is 18.2 Å². The number of aliphatic hydroxyl groups is 1. The lowest BCUT2D eigenvalue weighted by molar-refractivity contribution is 0.0671. The zero-order valence-corrected chi connectivity index (χ0v) is 11.1. The van der Waals surface area contributed by atoms with Crippen molar-refractivity contribution < 1.29 is 9.90 Å². The summed E-state index contributed by atoms with van der Waals surface area (Å²) < 4.78 is 1.69. The topological polar surface area (TPSA) is 58.4 Å². The van der Waals surface area contributed by atoms with E-state index in [4.69, 9.17) is 0 Å². The van der Waals surface area contributed by atoms with Crippen LogP contribution in [0.4, 0.5) is 0 Å². The smallest absolute Gasteiger partial charge is 0.274 e. The van der Waals surface area contributed by atoms with Crippen LogP contribution in [0.25, 0.3) is 5.69 Å². The Morgan fingerprint density at radius 2 is 2.10 bits per heavy atom. The Morgan fingerprint density at radius 1 is 1.30 bits per heavy atom. The molecule has 1 aromatic heterocycles. The molecule has 1 amide bonds. The lowest BCUT2D eigenvalue weighted by atomic mass is 10.2. The summed E-state index contributed by atoms with van der Waals surface area (Å²) in [4.78, 5) is 14.1. The van der Waals surface area contributed by atoms with Gasteiger partial charge < -0.3 is 10.0 Å². The van der Waals surface area contributed by atoms with Crippen molar-refractivity contribution in [2.45, 2.75) is 18.9 Å². The minimum Gasteiger partial charge on any atom is -0.394 e. The first kappa shape index (κ1) is 12.9. The number of hydrogen-bond donors (Lipinski definition) is 1. The molecule has 0 radical (unpaired) electrons. The van der Waals surface area contributed by atoms with E-state index in [2.05, 4.69) is 5.10 Å². The number of carbonyl (C=O) groups is 1. The predicted octanol–water partition coefficient (Wildman–Crippen LogP) is 1.47. The second-order valence-electron chi connectivity index (χ2n) is 4.96. The molecule has 2 aromatic rings. The van der Waals surface area contributed by atoms with Crippen LogP contribution in [0.1, 0.15) is 23.3 Å². The highest BCUT2D eigenvalue weighted by Crippen LogP contribution is 2.19. The first-order valence-corrected chi connectivity index (χ1v) is 6.82. The Morgan fingerprint density at radius 3 is 2.85 bits per heavy atom. The Labute approximate surface area is 117 Å². The molecule has 5 heteroatoms. The van der Waals surface area contributed by atoms with Crippen molar-refractivity contribution in [3.63, 3.8) is 0 Å². The van der Waals surface area contributed by atoms with Crippen molar-refractivity contribution >= 4 is 5.91 Å². The van der Waals surface area contributed by atoms with Gasteiger partial charge in [0.05, 0.1) is 18.3 Å². The molecular formula is C15H17N3O2. The Bertz CT molecular complexity index is 594. The van der Waals surface area contributed by atoms with E-state index in [9.17, 15) is 9.90 Å². The molecule has 20 heavy (non-hydrogen) atoms. The number of amides is 1. The summed E-state index contributed by atoms with van der Waals surface area (Å²) in [7, 11) is 0. The van der Waals surface area contributed by atoms with Gasteiger partial charge in [-0.3, -0.25) is 4.79 Å². The van der Waals surface area contributed by atoms with Crippen LogP contribution in [0, 0.1) is 0 Å². The van der Waals surface area contributed by atoms with E-state index >= 15 is 0 Å². The number of aromatic nitrogens is 2. The van der Waals surface area contributed by atoms with E-state index in [-0.39, 0.29) is 18.6 Å². The average molecular weight is 271 g/mol. The number of nitrogens with zero attached hydrogens (tertiary/aromatic N) is 3. The summed E-state index contributed by atoms with van der Waals surface area (Å²) in [5, 5.41) is 13.6. The molecule has 1 saturated heterocycles. The molecule has 1 fully saturated rings. The fourth-order valence-electron chi connectivity index (χ4n) is 2.60. The third-order valence-corrected chi connectivity index (χ3v) is 3.68. The predicted molar refractivity (Wildman–Crippen MR) is 74.7 cm³/mol. The molecule has 2 heterocycles. The van der Waals surface area contributed by atoms with E-state index in [1.165, 1.54) is 0 Å². The van der Waals surface area contributed by atoms with Crippen molar-refractivity contribution in [3.8, 4) is 5.69 Å². The summed E-state index contributed by atoms with van der Waals surface area (Å²) in [5.41, 5.74) is 1.35. The average Bonchev–Trinajstić information content (AvgIpc) is 3.16. The van der Waals surface area contributed by atoms with Crippen LogP contribution in [0.15, 0.2) is 42.6 Å². The first-order valence-electron chi connectivity index (χ1n) is 6.82. The van der Waals surface area contributed by atoms with Gasteiger partial charge in [0.15, 0.2) is 5.69 Å². The number of likely N-dealkylation sites (tertiary alicyclic amines) is 1. The number of carbonyl (C=O) groups excluding carboxylic acids is 1. The van der Waals surface area contributed by atoms with Crippen molar-refractivity contribution in [3.05, 3.63) is 48.3 Å². The third-order valence-electron chi connectivity index (χ3n) is 3.68. The monoisotopic (exact) mass is 271 g/mol. The fraction of sp³-hybridized carbons (Fsp3) is 0.333. The summed E-state index contributed by atoms with van der Waals surface area (Å²) >= 11 is 0. The molecule has 1 aliphatic heterocycles. The maximum absolute atomic E-state index is 12.4. The van der Waals surface area contributed by atoms with E-state index in [0.717, 1.165) is 18.5 Å². The molecule has 1 N–H and O–H groups in total. The lowest BCUT2D eigenvalue weighted by Gasteiger charge is -2.21. The van der Waals surface area contributed by atoms with Crippen molar-refractivity contribution in [1.82, 2.24) is 14.7 Å². The molecule has 0 spiro atoms. The van der Waals surface area contributed by atoms with Crippen LogP contribution in [0.5, 0.6) is 0 Å². The maximum Gasteiger partial charge on any atom is 0.274 e.